The van der Waals surface area contributed by atoms with Crippen molar-refractivity contribution in [3.63, 3.8) is 0 Å². The number of allylic oxidation sites excluding steroid dienone is 1. The number of nitrogens with zero attached hydrogens (tertiary/aromatic N) is 1. The van der Waals surface area contributed by atoms with Crippen molar-refractivity contribution >= 4 is 5.69 Å². The van der Waals surface area contributed by atoms with Gasteiger partial charge in [0.2, 0.25) is 0 Å². The molecule has 1 heteroatoms. The van der Waals surface area contributed by atoms with Crippen LogP contribution in [-0.2, 0) is 0 Å². The highest BCUT2D eigenvalue weighted by atomic mass is 15.1. The van der Waals surface area contributed by atoms with Crippen LogP contribution < -0.4 is 4.90 Å². The molecule has 0 fully saturated rings. The Hall–Kier alpha value is -1.24. The number of hydrogen-bond donors (Lipinski definition) is 0. The highest BCUT2D eigenvalue weighted by Crippen LogP contribution is 2.36. The van der Waals surface area contributed by atoms with Crippen LogP contribution in [0.5, 0.6) is 0 Å². The summed E-state index contributed by atoms with van der Waals surface area (Å²) in [5, 5.41) is 0. The molecule has 1 atom stereocenters. The summed E-state index contributed by atoms with van der Waals surface area (Å²) < 4.78 is 0. The summed E-state index contributed by atoms with van der Waals surface area (Å²) in [7, 11) is 0. The third-order valence-corrected chi connectivity index (χ3v) is 4.36. The van der Waals surface area contributed by atoms with Crippen LogP contribution in [0.15, 0.2) is 30.4 Å². The minimum absolute atomic E-state index is 0.569. The summed E-state index contributed by atoms with van der Waals surface area (Å²) in [6.45, 7) is 15.8. The van der Waals surface area contributed by atoms with Gasteiger partial charge in [-0.1, -0.05) is 58.0 Å². The standard InChI is InChI=1S/C20H33N/c1-7-10-11-15-21(9-3)20-18(16(4)5)13-12-14-19(20)17(6)8-2/h7,10,12-14,16-17H,8-9,11,15H2,1-6H3/b10-7-. The van der Waals surface area contributed by atoms with Crippen molar-refractivity contribution in [1.29, 1.82) is 0 Å². The summed E-state index contributed by atoms with van der Waals surface area (Å²) in [5.74, 6) is 1.19. The van der Waals surface area contributed by atoms with Gasteiger partial charge < -0.3 is 4.90 Å². The van der Waals surface area contributed by atoms with Gasteiger partial charge in [-0.05, 0) is 49.7 Å². The lowest BCUT2D eigenvalue weighted by Crippen LogP contribution is -2.26. The van der Waals surface area contributed by atoms with Crippen LogP contribution in [0.2, 0.25) is 0 Å². The Labute approximate surface area is 132 Å². The maximum atomic E-state index is 2.57. The first kappa shape index (κ1) is 17.8. The molecule has 1 unspecified atom stereocenters. The lowest BCUT2D eigenvalue weighted by atomic mass is 9.90. The van der Waals surface area contributed by atoms with Gasteiger partial charge in [-0.2, -0.15) is 0 Å². The molecule has 0 saturated carbocycles. The van der Waals surface area contributed by atoms with Crippen LogP contribution in [0.4, 0.5) is 5.69 Å². The molecule has 1 aromatic carbocycles. The molecule has 0 heterocycles. The van der Waals surface area contributed by atoms with Gasteiger partial charge in [-0.3, -0.25) is 0 Å². The predicted molar refractivity (Wildman–Crippen MR) is 96.6 cm³/mol. The fourth-order valence-corrected chi connectivity index (χ4v) is 2.85. The van der Waals surface area contributed by atoms with Crippen LogP contribution in [0.25, 0.3) is 0 Å². The van der Waals surface area contributed by atoms with Crippen LogP contribution in [0.3, 0.4) is 0 Å². The van der Waals surface area contributed by atoms with Gasteiger partial charge in [0.1, 0.15) is 0 Å². The zero-order chi connectivity index (χ0) is 15.8. The van der Waals surface area contributed by atoms with Crippen molar-refractivity contribution in [1.82, 2.24) is 0 Å². The zero-order valence-electron chi connectivity index (χ0n) is 14.8. The van der Waals surface area contributed by atoms with Crippen molar-refractivity contribution in [2.45, 2.75) is 66.2 Å². The third kappa shape index (κ3) is 4.62. The molecule has 0 radical (unpaired) electrons. The molecule has 0 N–H and O–H groups in total. The third-order valence-electron chi connectivity index (χ3n) is 4.36. The highest BCUT2D eigenvalue weighted by Gasteiger charge is 2.18. The van der Waals surface area contributed by atoms with Gasteiger partial charge in [0.25, 0.3) is 0 Å². The molecule has 1 rings (SSSR count). The summed E-state index contributed by atoms with van der Waals surface area (Å²) in [5.41, 5.74) is 4.51. The Morgan fingerprint density at radius 2 is 1.76 bits per heavy atom. The second-order valence-corrected chi connectivity index (χ2v) is 6.19. The Balaban J connectivity index is 3.25. The number of benzene rings is 1. The molecule has 0 aliphatic rings. The molecule has 0 aromatic heterocycles. The lowest BCUT2D eigenvalue weighted by Gasteiger charge is -2.31. The average molecular weight is 287 g/mol. The number of para-hydroxylation sites is 1. The fourth-order valence-electron chi connectivity index (χ4n) is 2.85. The predicted octanol–water partition coefficient (Wildman–Crippen LogP) is 6.12. The van der Waals surface area contributed by atoms with E-state index in [0.717, 1.165) is 19.5 Å². The van der Waals surface area contributed by atoms with E-state index in [9.17, 15) is 0 Å². The van der Waals surface area contributed by atoms with Gasteiger partial charge in [-0.25, -0.2) is 0 Å². The molecule has 0 amide bonds. The number of anilines is 1. The summed E-state index contributed by atoms with van der Waals surface area (Å²) in [4.78, 5) is 2.57. The fraction of sp³-hybridized carbons (Fsp3) is 0.600. The molecule has 1 nitrogen and oxygen atoms in total. The van der Waals surface area contributed by atoms with Crippen LogP contribution >= 0.6 is 0 Å². The molecular weight excluding hydrogens is 254 g/mol. The van der Waals surface area contributed by atoms with E-state index in [1.54, 1.807) is 0 Å². The first-order valence-electron chi connectivity index (χ1n) is 8.55. The van der Waals surface area contributed by atoms with Gasteiger partial charge in [0, 0.05) is 18.8 Å². The van der Waals surface area contributed by atoms with Crippen molar-refractivity contribution in [2.24, 2.45) is 0 Å². The van der Waals surface area contributed by atoms with E-state index in [0.29, 0.717) is 11.8 Å². The van der Waals surface area contributed by atoms with E-state index in [1.165, 1.54) is 23.2 Å². The zero-order valence-corrected chi connectivity index (χ0v) is 14.8. The molecule has 0 spiro atoms. The molecule has 0 bridgehead atoms. The van der Waals surface area contributed by atoms with Gasteiger partial charge >= 0.3 is 0 Å². The van der Waals surface area contributed by atoms with Crippen LogP contribution in [0.1, 0.15) is 77.3 Å². The highest BCUT2D eigenvalue weighted by molar-refractivity contribution is 5.62. The van der Waals surface area contributed by atoms with E-state index >= 15 is 0 Å². The van der Waals surface area contributed by atoms with E-state index in [-0.39, 0.29) is 0 Å². The minimum atomic E-state index is 0.569. The second kappa shape index (κ2) is 8.92. The smallest absolute Gasteiger partial charge is 0.0436 e. The second-order valence-electron chi connectivity index (χ2n) is 6.19. The molecule has 0 aliphatic heterocycles. The van der Waals surface area contributed by atoms with E-state index in [2.05, 4.69) is 76.8 Å². The SMILES string of the molecule is C/C=C\CCN(CC)c1c(C(C)C)cccc1C(C)CC. The van der Waals surface area contributed by atoms with Crippen molar-refractivity contribution in [3.05, 3.63) is 41.5 Å². The van der Waals surface area contributed by atoms with Gasteiger partial charge in [0.05, 0.1) is 0 Å². The van der Waals surface area contributed by atoms with Gasteiger partial charge in [-0.15, -0.1) is 0 Å². The number of rotatable bonds is 8. The summed E-state index contributed by atoms with van der Waals surface area (Å²) in [6.07, 6.45) is 6.74. The molecule has 21 heavy (non-hydrogen) atoms. The van der Waals surface area contributed by atoms with Crippen molar-refractivity contribution < 1.29 is 0 Å². The largest absolute Gasteiger partial charge is 0.371 e. The number of hydrogen-bond acceptors (Lipinski definition) is 1. The normalized spacial score (nSPS) is 13.1. The maximum absolute atomic E-state index is 2.57. The molecule has 1 aromatic rings. The minimum Gasteiger partial charge on any atom is -0.371 e. The van der Waals surface area contributed by atoms with Crippen molar-refractivity contribution in [2.75, 3.05) is 18.0 Å². The molecule has 0 saturated heterocycles. The Morgan fingerprint density at radius 1 is 1.10 bits per heavy atom. The van der Waals surface area contributed by atoms with E-state index in [1.807, 2.05) is 0 Å². The van der Waals surface area contributed by atoms with Crippen LogP contribution in [0, 0.1) is 0 Å². The van der Waals surface area contributed by atoms with E-state index < -0.39 is 0 Å². The van der Waals surface area contributed by atoms with Gasteiger partial charge in [0.15, 0.2) is 0 Å². The Kier molecular flexibility index (Phi) is 7.56. The molecular formula is C20H33N. The average Bonchev–Trinajstić information content (AvgIpc) is 2.50. The monoisotopic (exact) mass is 287 g/mol. The Morgan fingerprint density at radius 3 is 2.29 bits per heavy atom. The molecule has 0 aliphatic carbocycles. The summed E-state index contributed by atoms with van der Waals surface area (Å²) >= 11 is 0. The first-order chi connectivity index (χ1) is 10.1. The maximum Gasteiger partial charge on any atom is 0.0436 e. The summed E-state index contributed by atoms with van der Waals surface area (Å²) in [6, 6.07) is 6.87. The quantitative estimate of drug-likeness (QED) is 0.521. The van der Waals surface area contributed by atoms with Crippen molar-refractivity contribution in [3.8, 4) is 0 Å². The topological polar surface area (TPSA) is 3.24 Å². The van der Waals surface area contributed by atoms with E-state index in [4.69, 9.17) is 0 Å². The molecule has 118 valence electrons. The van der Waals surface area contributed by atoms with Crippen LogP contribution in [-0.4, -0.2) is 13.1 Å². The lowest BCUT2D eigenvalue weighted by molar-refractivity contribution is 0.712. The Bertz CT molecular complexity index is 445. The first-order valence-corrected chi connectivity index (χ1v) is 8.55.